The summed E-state index contributed by atoms with van der Waals surface area (Å²) in [6, 6.07) is 9.14. The summed E-state index contributed by atoms with van der Waals surface area (Å²) in [5, 5.41) is 15.3. The maximum Gasteiger partial charge on any atom is 0.341 e. The summed E-state index contributed by atoms with van der Waals surface area (Å²) < 4.78 is 18.2. The second-order valence-electron chi connectivity index (χ2n) is 6.11. The zero-order valence-electron chi connectivity index (χ0n) is 15.5. The number of hydrogen-bond acceptors (Lipinski definition) is 8. The van der Waals surface area contributed by atoms with Crippen LogP contribution in [0.25, 0.3) is 11.3 Å². The van der Waals surface area contributed by atoms with Gasteiger partial charge in [0.05, 0.1) is 16.2 Å². The average molecular weight is 430 g/mol. The molecule has 0 radical (unpaired) electrons. The zero-order valence-corrected chi connectivity index (χ0v) is 16.3. The average Bonchev–Trinajstić information content (AvgIpc) is 3.16. The Labute approximate surface area is 173 Å². The van der Waals surface area contributed by atoms with E-state index in [1.807, 2.05) is 0 Å². The van der Waals surface area contributed by atoms with Crippen LogP contribution < -0.4 is 11.1 Å². The van der Waals surface area contributed by atoms with Crippen molar-refractivity contribution in [1.82, 2.24) is 4.98 Å². The number of halogens is 1. The Bertz CT molecular complexity index is 1130. The largest absolute Gasteiger partial charge is 0.449 e. The summed E-state index contributed by atoms with van der Waals surface area (Å²) in [5.74, 6) is -2.10. The lowest BCUT2D eigenvalue weighted by Gasteiger charge is -2.13. The van der Waals surface area contributed by atoms with E-state index in [4.69, 9.17) is 10.5 Å². The number of aromatic nitrogens is 1. The lowest BCUT2D eigenvalue weighted by Crippen LogP contribution is -2.30. The lowest BCUT2D eigenvalue weighted by atomic mass is 10.1. The molecule has 1 atom stereocenters. The van der Waals surface area contributed by atoms with Gasteiger partial charge in [-0.1, -0.05) is 12.1 Å². The summed E-state index contributed by atoms with van der Waals surface area (Å²) in [6.07, 6.45) is -1.17. The number of nitrogens with one attached hydrogen (secondary N) is 1. The quantitative estimate of drug-likeness (QED) is 0.264. The summed E-state index contributed by atoms with van der Waals surface area (Å²) in [5.41, 5.74) is 6.32. The molecule has 0 spiro atoms. The zero-order chi connectivity index (χ0) is 21.8. The number of thiazole rings is 1. The summed E-state index contributed by atoms with van der Waals surface area (Å²) in [6.45, 7) is 1.36. The first-order chi connectivity index (χ1) is 14.2. The molecule has 3 N–H and O–H groups in total. The topological polar surface area (TPSA) is 137 Å². The molecule has 2 aromatic carbocycles. The second kappa shape index (κ2) is 8.66. The maximum atomic E-state index is 13.1. The standard InChI is InChI=1S/C19H15FN4O5S/c1-10(29-18(26)14-6-5-12(20)8-15(14)21)17(25)23-19-22-16(9-30-19)11-3-2-4-13(7-11)24(27)28/h2-10H,21H2,1H3,(H,22,23,25). The number of benzene rings is 2. The van der Waals surface area contributed by atoms with Crippen molar-refractivity contribution in [1.29, 1.82) is 0 Å². The number of non-ortho nitro benzene ring substituents is 1. The third-order valence-corrected chi connectivity index (χ3v) is 4.73. The number of esters is 1. The molecule has 3 rings (SSSR count). The van der Waals surface area contributed by atoms with E-state index in [-0.39, 0.29) is 22.1 Å². The Morgan fingerprint density at radius 3 is 2.77 bits per heavy atom. The molecule has 0 aliphatic carbocycles. The number of ether oxygens (including phenoxy) is 1. The molecule has 3 aromatic rings. The molecule has 0 saturated heterocycles. The highest BCUT2D eigenvalue weighted by atomic mass is 32.1. The fourth-order valence-corrected chi connectivity index (χ4v) is 3.17. The second-order valence-corrected chi connectivity index (χ2v) is 6.97. The highest BCUT2D eigenvalue weighted by Crippen LogP contribution is 2.27. The fraction of sp³-hybridized carbons (Fsp3) is 0.105. The molecule has 9 nitrogen and oxygen atoms in total. The van der Waals surface area contributed by atoms with Crippen LogP contribution in [-0.4, -0.2) is 27.9 Å². The van der Waals surface area contributed by atoms with E-state index in [0.29, 0.717) is 11.3 Å². The van der Waals surface area contributed by atoms with Gasteiger partial charge in [0, 0.05) is 28.8 Å². The van der Waals surface area contributed by atoms with Crippen molar-refractivity contribution in [2.75, 3.05) is 11.1 Å². The van der Waals surface area contributed by atoms with Crippen molar-refractivity contribution in [2.45, 2.75) is 13.0 Å². The number of amides is 1. The molecule has 0 aliphatic heterocycles. The van der Waals surface area contributed by atoms with Crippen LogP contribution in [-0.2, 0) is 9.53 Å². The van der Waals surface area contributed by atoms with E-state index >= 15 is 0 Å². The highest BCUT2D eigenvalue weighted by molar-refractivity contribution is 7.14. The van der Waals surface area contributed by atoms with Crippen molar-refractivity contribution in [3.05, 3.63) is 69.3 Å². The third-order valence-electron chi connectivity index (χ3n) is 3.97. The molecule has 1 aromatic heterocycles. The van der Waals surface area contributed by atoms with Gasteiger partial charge in [-0.15, -0.1) is 11.3 Å². The van der Waals surface area contributed by atoms with Crippen LogP contribution in [0.15, 0.2) is 47.8 Å². The first-order valence-corrected chi connectivity index (χ1v) is 9.40. The molecule has 30 heavy (non-hydrogen) atoms. The van der Waals surface area contributed by atoms with E-state index < -0.39 is 28.7 Å². The Hall–Kier alpha value is -3.86. The number of rotatable bonds is 6. The van der Waals surface area contributed by atoms with Crippen molar-refractivity contribution >= 4 is 39.7 Å². The number of nitro benzene ring substituents is 1. The van der Waals surface area contributed by atoms with Gasteiger partial charge in [0.15, 0.2) is 11.2 Å². The van der Waals surface area contributed by atoms with Crippen LogP contribution in [0.4, 0.5) is 20.9 Å². The molecular weight excluding hydrogens is 415 g/mol. The van der Waals surface area contributed by atoms with Crippen LogP contribution >= 0.6 is 11.3 Å². The predicted octanol–water partition coefficient (Wildman–Crippen LogP) is 3.62. The first kappa shape index (κ1) is 20.9. The minimum Gasteiger partial charge on any atom is -0.449 e. The van der Waals surface area contributed by atoms with Gasteiger partial charge in [-0.3, -0.25) is 20.2 Å². The Morgan fingerprint density at radius 2 is 2.07 bits per heavy atom. The monoisotopic (exact) mass is 430 g/mol. The van der Waals surface area contributed by atoms with Gasteiger partial charge in [-0.25, -0.2) is 14.2 Å². The van der Waals surface area contributed by atoms with Crippen molar-refractivity contribution < 1.29 is 23.6 Å². The van der Waals surface area contributed by atoms with Crippen molar-refractivity contribution in [3.63, 3.8) is 0 Å². The van der Waals surface area contributed by atoms with Crippen LogP contribution in [0.1, 0.15) is 17.3 Å². The Kier molecular flexibility index (Phi) is 6.02. The van der Waals surface area contributed by atoms with E-state index in [1.165, 1.54) is 31.2 Å². The molecule has 0 fully saturated rings. The van der Waals surface area contributed by atoms with Gasteiger partial charge < -0.3 is 10.5 Å². The predicted molar refractivity (Wildman–Crippen MR) is 109 cm³/mol. The Balaban J connectivity index is 1.65. The maximum absolute atomic E-state index is 13.1. The number of nitrogens with zero attached hydrogens (tertiary/aromatic N) is 2. The smallest absolute Gasteiger partial charge is 0.341 e. The van der Waals surface area contributed by atoms with E-state index in [2.05, 4.69) is 10.3 Å². The number of nitrogens with two attached hydrogens (primary N) is 1. The lowest BCUT2D eigenvalue weighted by molar-refractivity contribution is -0.384. The van der Waals surface area contributed by atoms with Gasteiger partial charge in [0.2, 0.25) is 0 Å². The van der Waals surface area contributed by atoms with Gasteiger partial charge in [0.1, 0.15) is 5.82 Å². The molecule has 0 saturated carbocycles. The molecule has 1 unspecified atom stereocenters. The summed E-state index contributed by atoms with van der Waals surface area (Å²) in [7, 11) is 0. The van der Waals surface area contributed by atoms with E-state index in [9.17, 15) is 24.1 Å². The van der Waals surface area contributed by atoms with Crippen molar-refractivity contribution in [3.8, 4) is 11.3 Å². The molecule has 11 heteroatoms. The number of carbonyl (C=O) groups is 2. The molecule has 154 valence electrons. The normalized spacial score (nSPS) is 11.5. The SMILES string of the molecule is CC(OC(=O)c1ccc(F)cc1N)C(=O)Nc1nc(-c2cccc([N+](=O)[O-])c2)cs1. The molecular formula is C19H15FN4O5S. The van der Waals surface area contributed by atoms with Crippen LogP contribution in [0.2, 0.25) is 0 Å². The number of nitro groups is 1. The number of anilines is 2. The van der Waals surface area contributed by atoms with Gasteiger partial charge in [-0.2, -0.15) is 0 Å². The van der Waals surface area contributed by atoms with Crippen molar-refractivity contribution in [2.24, 2.45) is 0 Å². The third kappa shape index (κ3) is 4.75. The number of hydrogen-bond donors (Lipinski definition) is 2. The van der Waals surface area contributed by atoms with Gasteiger partial charge in [0.25, 0.3) is 11.6 Å². The summed E-state index contributed by atoms with van der Waals surface area (Å²) >= 11 is 1.11. The fourth-order valence-electron chi connectivity index (χ4n) is 2.45. The van der Waals surface area contributed by atoms with Gasteiger partial charge >= 0.3 is 5.97 Å². The first-order valence-electron chi connectivity index (χ1n) is 8.52. The van der Waals surface area contributed by atoms with Gasteiger partial charge in [-0.05, 0) is 25.1 Å². The van der Waals surface area contributed by atoms with E-state index in [0.717, 1.165) is 23.5 Å². The van der Waals surface area contributed by atoms with Crippen LogP contribution in [0, 0.1) is 15.9 Å². The Morgan fingerprint density at radius 1 is 1.30 bits per heavy atom. The summed E-state index contributed by atoms with van der Waals surface area (Å²) in [4.78, 5) is 39.1. The van der Waals surface area contributed by atoms with Crippen LogP contribution in [0.3, 0.4) is 0 Å². The van der Waals surface area contributed by atoms with Crippen LogP contribution in [0.5, 0.6) is 0 Å². The van der Waals surface area contributed by atoms with E-state index in [1.54, 1.807) is 11.4 Å². The molecule has 1 amide bonds. The highest BCUT2D eigenvalue weighted by Gasteiger charge is 2.22. The number of carbonyl (C=O) groups excluding carboxylic acids is 2. The minimum absolute atomic E-state index is 0.0572. The molecule has 0 aliphatic rings. The molecule has 0 bridgehead atoms. The minimum atomic E-state index is -1.17. The molecule has 1 heterocycles. The number of nitrogen functional groups attached to an aromatic ring is 1.